The standard InChI is InChI=1S/C20H27BrN6O2/c1-12-11-26(20(23)28)6-7-27(12)14-4-2-13(3-5-14)25-19-18(21)16-8-15(9-22)29-17(16)10-24-19/h8,10,12-14,16-17,25H,2-7,11H2,1H3,(H2,23,28)/p+1/t12-,13?,14?,16?,17?/m0/s1. The van der Waals surface area contributed by atoms with Crippen molar-refractivity contribution >= 4 is 28.2 Å². The summed E-state index contributed by atoms with van der Waals surface area (Å²) in [6, 6.07) is 3.16. The van der Waals surface area contributed by atoms with Gasteiger partial charge < -0.3 is 15.8 Å². The largest absolute Gasteiger partial charge is 0.474 e. The number of rotatable bonds is 3. The summed E-state index contributed by atoms with van der Waals surface area (Å²) in [4.78, 5) is 19.4. The van der Waals surface area contributed by atoms with Crippen LogP contribution in [0.15, 0.2) is 27.1 Å². The van der Waals surface area contributed by atoms with Crippen LogP contribution >= 0.6 is 15.9 Å². The lowest BCUT2D eigenvalue weighted by Crippen LogP contribution is -3.19. The summed E-state index contributed by atoms with van der Waals surface area (Å²) in [5.74, 6) is 1.23. The van der Waals surface area contributed by atoms with Gasteiger partial charge in [-0.1, -0.05) is 15.9 Å². The van der Waals surface area contributed by atoms with E-state index in [0.717, 1.165) is 60.5 Å². The van der Waals surface area contributed by atoms with E-state index in [1.807, 2.05) is 6.08 Å². The van der Waals surface area contributed by atoms with Crippen molar-refractivity contribution in [2.75, 3.05) is 19.6 Å². The number of urea groups is 1. The molecule has 1 saturated heterocycles. The summed E-state index contributed by atoms with van der Waals surface area (Å²) >= 11 is 3.67. The number of fused-ring (bicyclic) bond motifs is 1. The molecular weight excluding hydrogens is 436 g/mol. The lowest BCUT2D eigenvalue weighted by atomic mass is 9.88. The minimum atomic E-state index is -0.233. The number of carbonyl (C=O) groups is 1. The van der Waals surface area contributed by atoms with Gasteiger partial charge in [-0.15, -0.1) is 0 Å². The first-order valence-corrected chi connectivity index (χ1v) is 11.1. The summed E-state index contributed by atoms with van der Waals surface area (Å²) in [7, 11) is 0. The van der Waals surface area contributed by atoms with Gasteiger partial charge in [0.2, 0.25) is 0 Å². The first-order chi connectivity index (χ1) is 14.0. The van der Waals surface area contributed by atoms with Crippen LogP contribution in [0.1, 0.15) is 32.6 Å². The molecule has 0 bridgehead atoms. The van der Waals surface area contributed by atoms with E-state index < -0.39 is 0 Å². The van der Waals surface area contributed by atoms with Crippen molar-refractivity contribution in [1.29, 1.82) is 5.26 Å². The number of nitriles is 1. The minimum Gasteiger partial charge on any atom is -0.474 e. The number of nitrogens with one attached hydrogen (secondary N) is 2. The van der Waals surface area contributed by atoms with Gasteiger partial charge in [0.25, 0.3) is 0 Å². The fraction of sp³-hybridized carbons (Fsp3) is 0.650. The van der Waals surface area contributed by atoms with E-state index in [2.05, 4.69) is 44.1 Å². The van der Waals surface area contributed by atoms with E-state index in [9.17, 15) is 4.79 Å². The summed E-state index contributed by atoms with van der Waals surface area (Å²) in [5.41, 5.74) is 5.47. The number of primary amides is 1. The number of halogens is 1. The Morgan fingerprint density at radius 1 is 1.45 bits per heavy atom. The van der Waals surface area contributed by atoms with Gasteiger partial charge in [-0.25, -0.2) is 14.7 Å². The van der Waals surface area contributed by atoms with Gasteiger partial charge >= 0.3 is 6.03 Å². The normalized spacial score (nSPS) is 37.3. The fourth-order valence-electron chi connectivity index (χ4n) is 4.97. The second-order valence-electron chi connectivity index (χ2n) is 8.38. The number of nitrogens with zero attached hydrogens (tertiary/aromatic N) is 3. The lowest BCUT2D eigenvalue weighted by Gasteiger charge is -2.43. The first kappa shape index (κ1) is 20.4. The summed E-state index contributed by atoms with van der Waals surface area (Å²) in [6.07, 6.45) is 7.89. The van der Waals surface area contributed by atoms with Crippen LogP contribution in [-0.4, -0.2) is 61.0 Å². The first-order valence-electron chi connectivity index (χ1n) is 10.4. The van der Waals surface area contributed by atoms with Crippen LogP contribution in [0.25, 0.3) is 0 Å². The predicted octanol–water partition coefficient (Wildman–Crippen LogP) is 0.626. The zero-order valence-corrected chi connectivity index (χ0v) is 18.2. The van der Waals surface area contributed by atoms with Crippen molar-refractivity contribution in [2.45, 2.75) is 56.8 Å². The number of aliphatic imine (C=N–C) groups is 1. The Morgan fingerprint density at radius 2 is 2.21 bits per heavy atom. The molecule has 4 N–H and O–H groups in total. The highest BCUT2D eigenvalue weighted by Gasteiger charge is 2.37. The van der Waals surface area contributed by atoms with Crippen molar-refractivity contribution < 1.29 is 14.4 Å². The Hall–Kier alpha value is -1.89. The maximum atomic E-state index is 11.5. The highest BCUT2D eigenvalue weighted by atomic mass is 79.9. The van der Waals surface area contributed by atoms with Crippen molar-refractivity contribution in [2.24, 2.45) is 16.6 Å². The number of nitrogens with two attached hydrogens (primary N) is 1. The smallest absolute Gasteiger partial charge is 0.412 e. The van der Waals surface area contributed by atoms with Gasteiger partial charge in [-0.05, 0) is 38.7 Å². The molecule has 8 nitrogen and oxygen atoms in total. The van der Waals surface area contributed by atoms with E-state index in [4.69, 9.17) is 15.7 Å². The molecule has 156 valence electrons. The van der Waals surface area contributed by atoms with Crippen LogP contribution in [-0.2, 0) is 4.74 Å². The predicted molar refractivity (Wildman–Crippen MR) is 112 cm³/mol. The molecule has 4 aliphatic rings. The van der Waals surface area contributed by atoms with Gasteiger partial charge in [-0.3, -0.25) is 4.90 Å². The molecule has 4 rings (SSSR count). The fourth-order valence-corrected chi connectivity index (χ4v) is 5.58. The van der Waals surface area contributed by atoms with Gasteiger partial charge in [0.05, 0.1) is 18.5 Å². The Labute approximate surface area is 179 Å². The second-order valence-corrected chi connectivity index (χ2v) is 9.24. The number of amides is 2. The number of hydrogen-bond donors (Lipinski definition) is 3. The van der Waals surface area contributed by atoms with E-state index in [1.54, 1.807) is 6.21 Å². The van der Waals surface area contributed by atoms with Crippen molar-refractivity contribution in [3.8, 4) is 6.07 Å². The molecular formula is C20H28BrN6O2+. The molecule has 3 unspecified atom stereocenters. The van der Waals surface area contributed by atoms with Crippen LogP contribution in [0.3, 0.4) is 0 Å². The summed E-state index contributed by atoms with van der Waals surface area (Å²) in [5, 5.41) is 12.6. The molecule has 2 amide bonds. The number of hydrogen-bond acceptors (Lipinski definition) is 6. The maximum absolute atomic E-state index is 11.5. The monoisotopic (exact) mass is 463 g/mol. The van der Waals surface area contributed by atoms with Crippen LogP contribution in [0, 0.1) is 17.2 Å². The average Bonchev–Trinajstić information content (AvgIpc) is 3.15. The zero-order chi connectivity index (χ0) is 20.5. The summed E-state index contributed by atoms with van der Waals surface area (Å²) in [6.45, 7) is 4.73. The average molecular weight is 464 g/mol. The number of quaternary nitrogens is 1. The highest BCUT2D eigenvalue weighted by molar-refractivity contribution is 9.11. The third-order valence-corrected chi connectivity index (χ3v) is 7.47. The topological polar surface area (TPSA) is 108 Å². The molecule has 2 fully saturated rings. The molecule has 0 spiro atoms. The number of carbonyl (C=O) groups excluding carboxylic acids is 1. The highest BCUT2D eigenvalue weighted by Crippen LogP contribution is 2.36. The molecule has 3 heterocycles. The lowest BCUT2D eigenvalue weighted by molar-refractivity contribution is -0.824. The van der Waals surface area contributed by atoms with E-state index in [1.165, 1.54) is 0 Å². The second kappa shape index (κ2) is 8.46. The third-order valence-electron chi connectivity index (χ3n) is 6.56. The van der Waals surface area contributed by atoms with Gasteiger partial charge in [-0.2, -0.15) is 5.26 Å². The van der Waals surface area contributed by atoms with E-state index in [-0.39, 0.29) is 18.1 Å². The number of piperazine rings is 1. The van der Waals surface area contributed by atoms with Gasteiger partial charge in [0.1, 0.15) is 24.5 Å². The van der Waals surface area contributed by atoms with Gasteiger partial charge in [0, 0.05) is 29.3 Å². The van der Waals surface area contributed by atoms with Crippen molar-refractivity contribution in [3.63, 3.8) is 0 Å². The Balaban J connectivity index is 1.31. The molecule has 0 aromatic carbocycles. The molecule has 1 aliphatic carbocycles. The molecule has 0 aromatic heterocycles. The Kier molecular flexibility index (Phi) is 5.95. The van der Waals surface area contributed by atoms with Crippen molar-refractivity contribution in [3.05, 3.63) is 22.1 Å². The molecule has 9 heteroatoms. The molecule has 3 aliphatic heterocycles. The van der Waals surface area contributed by atoms with Crippen LogP contribution in [0.4, 0.5) is 4.79 Å². The van der Waals surface area contributed by atoms with Crippen molar-refractivity contribution in [1.82, 2.24) is 10.2 Å². The molecule has 1 saturated carbocycles. The molecule has 0 radical (unpaired) electrons. The summed E-state index contributed by atoms with van der Waals surface area (Å²) < 4.78 is 6.51. The minimum absolute atomic E-state index is 0.0193. The molecule has 4 atom stereocenters. The SMILES string of the molecule is C[C@H]1C[NH+](C(N)=O)CCN1C1CCC(NC2=C(Br)C3C=C(C#N)OC3C=N2)CC1. The molecule has 29 heavy (non-hydrogen) atoms. The van der Waals surface area contributed by atoms with Crippen LogP contribution < -0.4 is 16.0 Å². The quantitative estimate of drug-likeness (QED) is 0.568. The zero-order valence-electron chi connectivity index (χ0n) is 16.6. The van der Waals surface area contributed by atoms with Crippen LogP contribution in [0.2, 0.25) is 0 Å². The van der Waals surface area contributed by atoms with Crippen LogP contribution in [0.5, 0.6) is 0 Å². The number of ether oxygens (including phenoxy) is 1. The van der Waals surface area contributed by atoms with E-state index >= 15 is 0 Å². The third kappa shape index (κ3) is 4.20. The molecule has 0 aromatic rings. The Morgan fingerprint density at radius 3 is 2.86 bits per heavy atom. The Bertz CT molecular complexity index is 795. The van der Waals surface area contributed by atoms with E-state index in [0.29, 0.717) is 23.9 Å². The number of allylic oxidation sites excluding steroid dienone is 1. The van der Waals surface area contributed by atoms with Gasteiger partial charge in [0.15, 0.2) is 5.76 Å². The maximum Gasteiger partial charge on any atom is 0.412 e.